The third kappa shape index (κ3) is 3.82. The van der Waals surface area contributed by atoms with E-state index in [-0.39, 0.29) is 16.5 Å². The Morgan fingerprint density at radius 3 is 2.55 bits per heavy atom. The topological polar surface area (TPSA) is 49.0 Å². The Kier molecular flexibility index (Phi) is 4.99. The van der Waals surface area contributed by atoms with Crippen LogP contribution < -0.4 is 5.56 Å². The van der Waals surface area contributed by atoms with E-state index in [1.54, 1.807) is 29.0 Å². The SMILES string of the molecule is N#Cc1cccn(CCCCN2CC3CC3(c3ccc(C(F)(F)F)cc3)C2)c1=O. The van der Waals surface area contributed by atoms with Gasteiger partial charge in [-0.3, -0.25) is 4.79 Å². The van der Waals surface area contributed by atoms with Crippen molar-refractivity contribution in [2.24, 2.45) is 5.92 Å². The fraction of sp³-hybridized carbons (Fsp3) is 0.455. The Morgan fingerprint density at radius 2 is 1.86 bits per heavy atom. The number of hydrogen-bond donors (Lipinski definition) is 0. The van der Waals surface area contributed by atoms with E-state index in [0.717, 1.165) is 44.5 Å². The van der Waals surface area contributed by atoms with Gasteiger partial charge >= 0.3 is 6.18 Å². The van der Waals surface area contributed by atoms with Crippen molar-refractivity contribution in [2.75, 3.05) is 19.6 Å². The van der Waals surface area contributed by atoms with Gasteiger partial charge in [-0.05, 0) is 61.6 Å². The maximum absolute atomic E-state index is 12.8. The summed E-state index contributed by atoms with van der Waals surface area (Å²) in [4.78, 5) is 14.4. The number of hydrogen-bond acceptors (Lipinski definition) is 3. The molecule has 1 aliphatic heterocycles. The number of aromatic nitrogens is 1. The zero-order valence-corrected chi connectivity index (χ0v) is 16.0. The molecule has 0 N–H and O–H groups in total. The Morgan fingerprint density at radius 1 is 1.14 bits per heavy atom. The maximum atomic E-state index is 12.8. The van der Waals surface area contributed by atoms with Crippen molar-refractivity contribution < 1.29 is 13.2 Å². The number of alkyl halides is 3. The minimum absolute atomic E-state index is 0.0161. The normalized spacial score (nSPS) is 23.6. The highest BCUT2D eigenvalue weighted by Gasteiger charge is 2.60. The van der Waals surface area contributed by atoms with Crippen LogP contribution in [0.2, 0.25) is 0 Å². The number of rotatable bonds is 6. The zero-order valence-electron chi connectivity index (χ0n) is 16.0. The van der Waals surface area contributed by atoms with Crippen LogP contribution in [0.25, 0.3) is 0 Å². The van der Waals surface area contributed by atoms with E-state index in [9.17, 15) is 18.0 Å². The van der Waals surface area contributed by atoms with Crippen molar-refractivity contribution in [3.63, 3.8) is 0 Å². The first-order chi connectivity index (χ1) is 13.8. The van der Waals surface area contributed by atoms with Gasteiger partial charge in [0, 0.05) is 31.2 Å². The lowest BCUT2D eigenvalue weighted by molar-refractivity contribution is -0.137. The van der Waals surface area contributed by atoms with Gasteiger partial charge in [-0.2, -0.15) is 18.4 Å². The van der Waals surface area contributed by atoms with E-state index in [1.807, 2.05) is 6.07 Å². The maximum Gasteiger partial charge on any atom is 0.416 e. The van der Waals surface area contributed by atoms with E-state index in [2.05, 4.69) is 4.90 Å². The zero-order chi connectivity index (χ0) is 20.6. The Hall–Kier alpha value is -2.59. The van der Waals surface area contributed by atoms with Crippen LogP contribution in [0.4, 0.5) is 13.2 Å². The molecule has 152 valence electrons. The lowest BCUT2D eigenvalue weighted by Crippen LogP contribution is -2.28. The molecule has 2 atom stereocenters. The summed E-state index contributed by atoms with van der Waals surface area (Å²) in [5.41, 5.74) is 0.338. The number of fused-ring (bicyclic) bond motifs is 1. The van der Waals surface area contributed by atoms with Gasteiger partial charge in [-0.25, -0.2) is 0 Å². The van der Waals surface area contributed by atoms with Crippen molar-refractivity contribution in [1.29, 1.82) is 5.26 Å². The molecular weight excluding hydrogens is 379 g/mol. The summed E-state index contributed by atoms with van der Waals surface area (Å²) in [7, 11) is 0. The van der Waals surface area contributed by atoms with Crippen LogP contribution in [0.15, 0.2) is 47.4 Å². The largest absolute Gasteiger partial charge is 0.416 e. The summed E-state index contributed by atoms with van der Waals surface area (Å²) < 4.78 is 39.9. The van der Waals surface area contributed by atoms with Crippen LogP contribution >= 0.6 is 0 Å². The fourth-order valence-electron chi connectivity index (χ4n) is 4.61. The molecule has 2 aromatic rings. The van der Waals surface area contributed by atoms with Crippen LogP contribution in [0.5, 0.6) is 0 Å². The predicted molar refractivity (Wildman–Crippen MR) is 102 cm³/mol. The first-order valence-electron chi connectivity index (χ1n) is 9.83. The average Bonchev–Trinajstić information content (AvgIpc) is 3.27. The van der Waals surface area contributed by atoms with Gasteiger partial charge in [0.05, 0.1) is 5.56 Å². The average molecular weight is 401 g/mol. The van der Waals surface area contributed by atoms with Crippen LogP contribution in [0, 0.1) is 17.2 Å². The second-order valence-electron chi connectivity index (χ2n) is 8.11. The Bertz CT molecular complexity index is 990. The number of halogens is 3. The minimum Gasteiger partial charge on any atom is -0.314 e. The molecule has 0 amide bonds. The lowest BCUT2D eigenvalue weighted by atomic mass is 9.94. The lowest BCUT2D eigenvalue weighted by Gasteiger charge is -2.21. The van der Waals surface area contributed by atoms with Crippen LogP contribution in [-0.2, 0) is 18.1 Å². The van der Waals surface area contributed by atoms with Gasteiger partial charge in [0.1, 0.15) is 11.6 Å². The Balaban J connectivity index is 1.29. The van der Waals surface area contributed by atoms with Gasteiger partial charge in [-0.1, -0.05) is 12.1 Å². The summed E-state index contributed by atoms with van der Waals surface area (Å²) in [5, 5.41) is 8.93. The second-order valence-corrected chi connectivity index (χ2v) is 8.11. The molecule has 1 saturated carbocycles. The molecule has 7 heteroatoms. The molecule has 0 radical (unpaired) electrons. The summed E-state index contributed by atoms with van der Waals surface area (Å²) in [6.07, 6.45) is 0.219. The molecule has 1 aliphatic carbocycles. The van der Waals surface area contributed by atoms with Crippen molar-refractivity contribution in [3.05, 3.63) is 69.6 Å². The molecule has 29 heavy (non-hydrogen) atoms. The van der Waals surface area contributed by atoms with Crippen LogP contribution in [-0.4, -0.2) is 29.1 Å². The summed E-state index contributed by atoms with van der Waals surface area (Å²) in [6.45, 7) is 3.35. The molecule has 2 unspecified atom stereocenters. The summed E-state index contributed by atoms with van der Waals surface area (Å²) in [6, 6.07) is 10.8. The number of pyridine rings is 1. The number of aryl methyl sites for hydroxylation is 1. The number of piperidine rings is 1. The van der Waals surface area contributed by atoms with Gasteiger partial charge in [0.2, 0.25) is 0 Å². The van der Waals surface area contributed by atoms with Crippen LogP contribution in [0.1, 0.15) is 36.0 Å². The molecule has 0 bridgehead atoms. The highest BCUT2D eigenvalue weighted by atomic mass is 19.4. The van der Waals surface area contributed by atoms with Crippen molar-refractivity contribution in [2.45, 2.75) is 37.4 Å². The summed E-state index contributed by atoms with van der Waals surface area (Å²) in [5.74, 6) is 0.522. The third-order valence-corrected chi connectivity index (χ3v) is 6.27. The first kappa shape index (κ1) is 19.7. The molecule has 4 rings (SSSR count). The number of nitriles is 1. The van der Waals surface area contributed by atoms with Gasteiger partial charge < -0.3 is 9.47 Å². The molecule has 2 aliphatic rings. The number of likely N-dealkylation sites (tertiary alicyclic amines) is 1. The van der Waals surface area contributed by atoms with Crippen LogP contribution in [0.3, 0.4) is 0 Å². The molecule has 1 aromatic carbocycles. The quantitative estimate of drug-likeness (QED) is 0.692. The van der Waals surface area contributed by atoms with E-state index in [0.29, 0.717) is 12.5 Å². The fourth-order valence-corrected chi connectivity index (χ4v) is 4.61. The third-order valence-electron chi connectivity index (χ3n) is 6.27. The Labute approximate surface area is 167 Å². The second kappa shape index (κ2) is 7.34. The van der Waals surface area contributed by atoms with Crippen molar-refractivity contribution in [3.8, 4) is 6.07 Å². The van der Waals surface area contributed by atoms with E-state index in [4.69, 9.17) is 5.26 Å². The number of nitrogens with zero attached hydrogens (tertiary/aromatic N) is 3. The number of benzene rings is 1. The van der Waals surface area contributed by atoms with Gasteiger partial charge in [-0.15, -0.1) is 0 Å². The molecule has 1 saturated heterocycles. The molecule has 4 nitrogen and oxygen atoms in total. The molecule has 1 aromatic heterocycles. The van der Waals surface area contributed by atoms with E-state index in [1.165, 1.54) is 18.2 Å². The monoisotopic (exact) mass is 401 g/mol. The van der Waals surface area contributed by atoms with Crippen molar-refractivity contribution >= 4 is 0 Å². The highest BCUT2D eigenvalue weighted by molar-refractivity contribution is 5.39. The predicted octanol–water partition coefficient (Wildman–Crippen LogP) is 3.79. The molecule has 0 spiro atoms. The smallest absolute Gasteiger partial charge is 0.314 e. The highest BCUT2D eigenvalue weighted by Crippen LogP contribution is 2.59. The molecule has 2 heterocycles. The molecule has 2 fully saturated rings. The number of unbranched alkanes of at least 4 members (excludes halogenated alkanes) is 1. The minimum atomic E-state index is -4.30. The van der Waals surface area contributed by atoms with E-state index < -0.39 is 11.7 Å². The summed E-state index contributed by atoms with van der Waals surface area (Å²) >= 11 is 0. The molecular formula is C22H22F3N3O. The van der Waals surface area contributed by atoms with Gasteiger partial charge in [0.25, 0.3) is 5.56 Å². The first-order valence-corrected chi connectivity index (χ1v) is 9.83. The van der Waals surface area contributed by atoms with Gasteiger partial charge in [0.15, 0.2) is 0 Å². The standard InChI is InChI=1S/C22H22F3N3O/c23-22(24,25)18-7-5-17(6-8-18)21-12-19(21)14-27(15-21)9-1-2-10-28-11-3-4-16(13-26)20(28)29/h3-8,11,19H,1-2,9-10,12,14-15H2. The van der Waals surface area contributed by atoms with Crippen molar-refractivity contribution in [1.82, 2.24) is 9.47 Å². The van der Waals surface area contributed by atoms with E-state index >= 15 is 0 Å².